The molecule has 3 N–H and O–H groups in total. The third-order valence-corrected chi connectivity index (χ3v) is 6.14. The van der Waals surface area contributed by atoms with Crippen LogP contribution in [0.5, 0.6) is 0 Å². The van der Waals surface area contributed by atoms with Crippen LogP contribution in [0.25, 0.3) is 0 Å². The lowest BCUT2D eigenvalue weighted by Crippen LogP contribution is -2.53. The molecule has 0 spiro atoms. The van der Waals surface area contributed by atoms with Crippen molar-refractivity contribution in [2.75, 3.05) is 34.8 Å². The summed E-state index contributed by atoms with van der Waals surface area (Å²) in [4.78, 5) is 29.1. The second kappa shape index (κ2) is 9.92. The van der Waals surface area contributed by atoms with Crippen LogP contribution in [-0.4, -0.2) is 48.8 Å². The highest BCUT2D eigenvalue weighted by Gasteiger charge is 2.32. The van der Waals surface area contributed by atoms with Crippen molar-refractivity contribution in [3.8, 4) is 0 Å². The first-order valence-corrected chi connectivity index (χ1v) is 11.3. The van der Waals surface area contributed by atoms with Crippen molar-refractivity contribution >= 4 is 29.0 Å². The van der Waals surface area contributed by atoms with E-state index in [1.165, 1.54) is 12.1 Å². The van der Waals surface area contributed by atoms with Crippen molar-refractivity contribution in [1.82, 2.24) is 5.32 Å². The number of aliphatic hydroxyl groups excluding tert-OH is 1. The average Bonchev–Trinajstić information content (AvgIpc) is 2.80. The summed E-state index contributed by atoms with van der Waals surface area (Å²) in [5.41, 5.74) is 1.10. The third-order valence-electron chi connectivity index (χ3n) is 6.14. The topological polar surface area (TPSA) is 84.9 Å². The molecule has 34 heavy (non-hydrogen) atoms. The molecule has 0 radical (unpaired) electrons. The number of halogens is 3. The maximum absolute atomic E-state index is 13.0. The van der Waals surface area contributed by atoms with Crippen LogP contribution in [0.1, 0.15) is 31.2 Å². The van der Waals surface area contributed by atoms with E-state index in [4.69, 9.17) is 0 Å². The van der Waals surface area contributed by atoms with Crippen molar-refractivity contribution in [3.05, 3.63) is 54.1 Å². The number of benzene rings is 2. The summed E-state index contributed by atoms with van der Waals surface area (Å²) < 4.78 is 38.1. The number of alkyl halides is 3. The Hall–Kier alpha value is -3.27. The summed E-state index contributed by atoms with van der Waals surface area (Å²) in [6.07, 6.45) is -1.90. The Morgan fingerprint density at radius 3 is 2.24 bits per heavy atom. The number of piperidine rings is 2. The molecule has 10 heteroatoms. The number of hydrogen-bond acceptors (Lipinski definition) is 4. The first-order valence-electron chi connectivity index (χ1n) is 11.3. The van der Waals surface area contributed by atoms with E-state index in [2.05, 4.69) is 15.5 Å². The first kappa shape index (κ1) is 23.9. The number of β-amino-alcohol motifs (C(OH)–C–C–N with tert-alkyl or cyclic N) is 1. The number of nitrogens with zero attached hydrogens (tertiary/aromatic N) is 2. The highest BCUT2D eigenvalue weighted by atomic mass is 19.4. The minimum absolute atomic E-state index is 0.198. The molecule has 2 aliphatic rings. The van der Waals surface area contributed by atoms with Gasteiger partial charge in [-0.15, -0.1) is 0 Å². The lowest BCUT2D eigenvalue weighted by Gasteiger charge is -2.34. The van der Waals surface area contributed by atoms with Gasteiger partial charge < -0.3 is 25.5 Å². The molecule has 7 nitrogen and oxygen atoms in total. The van der Waals surface area contributed by atoms with Gasteiger partial charge in [0.2, 0.25) is 5.91 Å². The molecule has 2 aliphatic heterocycles. The van der Waals surface area contributed by atoms with E-state index in [1.54, 1.807) is 4.90 Å². The van der Waals surface area contributed by atoms with Gasteiger partial charge >= 0.3 is 12.2 Å². The number of urea groups is 1. The number of rotatable bonds is 4. The quantitative estimate of drug-likeness (QED) is 0.623. The summed E-state index contributed by atoms with van der Waals surface area (Å²) in [7, 11) is 0. The van der Waals surface area contributed by atoms with Gasteiger partial charge in [0.1, 0.15) is 6.04 Å². The zero-order valence-electron chi connectivity index (χ0n) is 18.5. The predicted molar refractivity (Wildman–Crippen MR) is 123 cm³/mol. The smallest absolute Gasteiger partial charge is 0.391 e. The van der Waals surface area contributed by atoms with Crippen molar-refractivity contribution in [3.63, 3.8) is 0 Å². The molecule has 4 rings (SSSR count). The molecule has 0 saturated carbocycles. The Labute approximate surface area is 195 Å². The first-order chi connectivity index (χ1) is 16.2. The van der Waals surface area contributed by atoms with Crippen LogP contribution in [0, 0.1) is 0 Å². The van der Waals surface area contributed by atoms with E-state index in [1.807, 2.05) is 24.3 Å². The van der Waals surface area contributed by atoms with Gasteiger partial charge in [0.25, 0.3) is 0 Å². The summed E-state index contributed by atoms with van der Waals surface area (Å²) in [6, 6.07) is 10.3. The maximum atomic E-state index is 13.0. The molecule has 0 aromatic heterocycles. The van der Waals surface area contributed by atoms with Crippen molar-refractivity contribution in [2.45, 2.75) is 44.0 Å². The lowest BCUT2D eigenvalue weighted by atomic mass is 10.0. The fourth-order valence-electron chi connectivity index (χ4n) is 4.37. The van der Waals surface area contributed by atoms with Crippen molar-refractivity contribution < 1.29 is 27.9 Å². The zero-order chi connectivity index (χ0) is 24.3. The van der Waals surface area contributed by atoms with Gasteiger partial charge in [0.15, 0.2) is 0 Å². The van der Waals surface area contributed by atoms with Crippen molar-refractivity contribution in [1.29, 1.82) is 0 Å². The maximum Gasteiger partial charge on any atom is 0.416 e. The van der Waals surface area contributed by atoms with E-state index in [0.717, 1.165) is 42.9 Å². The SMILES string of the molecule is O=C(Nc1ccc(C(F)(F)F)cc1)NC1CCCN(c2ccc(N3CCCC(O)C3)cc2)C1=O. The molecular formula is C24H27F3N4O3. The van der Waals surface area contributed by atoms with E-state index >= 15 is 0 Å². The Balaban J connectivity index is 1.35. The van der Waals surface area contributed by atoms with Crippen LogP contribution in [0.4, 0.5) is 35.0 Å². The number of nitrogens with one attached hydrogen (secondary N) is 2. The van der Waals surface area contributed by atoms with Gasteiger partial charge in [-0.05, 0) is 74.2 Å². The molecule has 2 heterocycles. The standard InChI is InChI=1S/C24H27F3N4O3/c25-24(26,27)16-5-7-17(8-6-16)28-23(34)29-21-4-2-14-31(22(21)33)19-11-9-18(10-12-19)30-13-1-3-20(32)15-30/h5-12,20-21,32H,1-4,13-15H2,(H2,28,29,34). The molecule has 3 amide bonds. The van der Waals surface area contributed by atoms with Crippen LogP contribution in [-0.2, 0) is 11.0 Å². The van der Waals surface area contributed by atoms with Gasteiger partial charge in [-0.1, -0.05) is 0 Å². The number of amides is 3. The molecule has 2 fully saturated rings. The van der Waals surface area contributed by atoms with E-state index in [-0.39, 0.29) is 17.7 Å². The van der Waals surface area contributed by atoms with Crippen LogP contribution in [0.15, 0.2) is 48.5 Å². The molecule has 182 valence electrons. The normalized spacial score (nSPS) is 21.4. The molecular weight excluding hydrogens is 449 g/mol. The van der Waals surface area contributed by atoms with Crippen LogP contribution >= 0.6 is 0 Å². The van der Waals surface area contributed by atoms with Gasteiger partial charge in [0, 0.05) is 36.7 Å². The Kier molecular flexibility index (Phi) is 6.97. The third kappa shape index (κ3) is 5.61. The number of hydrogen-bond donors (Lipinski definition) is 3. The fraction of sp³-hybridized carbons (Fsp3) is 0.417. The largest absolute Gasteiger partial charge is 0.416 e. The summed E-state index contributed by atoms with van der Waals surface area (Å²) in [5.74, 6) is -0.241. The second-order valence-corrected chi connectivity index (χ2v) is 8.62. The van der Waals surface area contributed by atoms with E-state index in [0.29, 0.717) is 25.9 Å². The van der Waals surface area contributed by atoms with E-state index in [9.17, 15) is 27.9 Å². The fourth-order valence-corrected chi connectivity index (χ4v) is 4.37. The van der Waals surface area contributed by atoms with Gasteiger partial charge in [0.05, 0.1) is 11.7 Å². The molecule has 2 unspecified atom stereocenters. The molecule has 0 aliphatic carbocycles. The molecule has 2 aromatic rings. The summed E-state index contributed by atoms with van der Waals surface area (Å²) in [5, 5.41) is 15.0. The Morgan fingerprint density at radius 2 is 1.59 bits per heavy atom. The van der Waals surface area contributed by atoms with Crippen LogP contribution in [0.2, 0.25) is 0 Å². The van der Waals surface area contributed by atoms with Crippen LogP contribution in [0.3, 0.4) is 0 Å². The minimum Gasteiger partial charge on any atom is -0.391 e. The van der Waals surface area contributed by atoms with E-state index < -0.39 is 23.8 Å². The lowest BCUT2D eigenvalue weighted by molar-refractivity contribution is -0.137. The number of aliphatic hydroxyl groups is 1. The summed E-state index contributed by atoms with van der Waals surface area (Å²) >= 11 is 0. The Morgan fingerprint density at radius 1 is 0.941 bits per heavy atom. The minimum atomic E-state index is -4.45. The zero-order valence-corrected chi connectivity index (χ0v) is 18.5. The summed E-state index contributed by atoms with van der Waals surface area (Å²) in [6.45, 7) is 1.99. The van der Waals surface area contributed by atoms with Gasteiger partial charge in [-0.25, -0.2) is 4.79 Å². The molecule has 0 bridgehead atoms. The second-order valence-electron chi connectivity index (χ2n) is 8.62. The molecule has 2 aromatic carbocycles. The monoisotopic (exact) mass is 476 g/mol. The van der Waals surface area contributed by atoms with Crippen molar-refractivity contribution in [2.24, 2.45) is 0 Å². The molecule has 2 atom stereocenters. The van der Waals surface area contributed by atoms with Gasteiger partial charge in [-0.3, -0.25) is 4.79 Å². The number of anilines is 3. The Bertz CT molecular complexity index is 1010. The number of carbonyl (C=O) groups excluding carboxylic acids is 2. The average molecular weight is 476 g/mol. The van der Waals surface area contributed by atoms with Gasteiger partial charge in [-0.2, -0.15) is 13.2 Å². The highest BCUT2D eigenvalue weighted by Crippen LogP contribution is 2.30. The molecule has 2 saturated heterocycles. The number of carbonyl (C=O) groups is 2. The highest BCUT2D eigenvalue weighted by molar-refractivity contribution is 6.01. The predicted octanol–water partition coefficient (Wildman–Crippen LogP) is 3.98. The van der Waals surface area contributed by atoms with Crippen LogP contribution < -0.4 is 20.4 Å².